The van der Waals surface area contributed by atoms with Crippen LogP contribution < -0.4 is 5.32 Å². The Kier molecular flexibility index (Phi) is 4.04. The number of aliphatic hydroxyl groups is 1. The summed E-state index contributed by atoms with van der Waals surface area (Å²) in [7, 11) is 0. The lowest BCUT2D eigenvalue weighted by atomic mass is 9.96. The summed E-state index contributed by atoms with van der Waals surface area (Å²) in [6.07, 6.45) is 0. The molecule has 0 amide bonds. The van der Waals surface area contributed by atoms with E-state index in [4.69, 9.17) is 0 Å². The van der Waals surface area contributed by atoms with Crippen molar-refractivity contribution in [3.63, 3.8) is 0 Å². The Morgan fingerprint density at radius 1 is 1.11 bits per heavy atom. The smallest absolute Gasteiger partial charge is 0.104 e. The zero-order chi connectivity index (χ0) is 13.0. The number of halogens is 1. The Morgan fingerprint density at radius 2 is 1.83 bits per heavy atom. The summed E-state index contributed by atoms with van der Waals surface area (Å²) in [4.78, 5) is 0. The van der Waals surface area contributed by atoms with Crippen molar-refractivity contribution in [2.45, 2.75) is 12.5 Å². The summed E-state index contributed by atoms with van der Waals surface area (Å²) in [6.45, 7) is 2.28. The van der Waals surface area contributed by atoms with Crippen LogP contribution in [0.2, 0.25) is 0 Å². The van der Waals surface area contributed by atoms with Crippen molar-refractivity contribution >= 4 is 21.6 Å². The number of nitrogens with one attached hydrogen (secondary N) is 1. The molecule has 3 heteroatoms. The molecule has 1 atom stereocenters. The Hall–Kier alpha value is -1.32. The third-order valence-corrected chi connectivity index (χ3v) is 3.35. The van der Waals surface area contributed by atoms with Gasteiger partial charge in [0.2, 0.25) is 0 Å². The highest BCUT2D eigenvalue weighted by Gasteiger charge is 2.22. The van der Waals surface area contributed by atoms with E-state index in [9.17, 15) is 5.11 Å². The van der Waals surface area contributed by atoms with E-state index in [1.807, 2.05) is 61.5 Å². The van der Waals surface area contributed by atoms with E-state index in [0.717, 1.165) is 15.7 Å². The Balaban J connectivity index is 2.05. The summed E-state index contributed by atoms with van der Waals surface area (Å²) < 4.78 is 1.02. The van der Waals surface area contributed by atoms with Crippen LogP contribution in [-0.4, -0.2) is 11.7 Å². The van der Waals surface area contributed by atoms with Gasteiger partial charge in [0, 0.05) is 16.7 Å². The third-order valence-electron chi connectivity index (χ3n) is 2.86. The van der Waals surface area contributed by atoms with Crippen LogP contribution in [0.3, 0.4) is 0 Å². The first-order valence-electron chi connectivity index (χ1n) is 5.85. The molecule has 0 saturated carbocycles. The number of rotatable bonds is 4. The van der Waals surface area contributed by atoms with Gasteiger partial charge in [0.1, 0.15) is 5.60 Å². The lowest BCUT2D eigenvalue weighted by Gasteiger charge is -2.24. The van der Waals surface area contributed by atoms with E-state index in [0.29, 0.717) is 6.54 Å². The molecule has 2 rings (SSSR count). The van der Waals surface area contributed by atoms with Crippen molar-refractivity contribution < 1.29 is 5.11 Å². The SMILES string of the molecule is CC(O)(CNc1cccc(Br)c1)c1ccccc1. The van der Waals surface area contributed by atoms with Gasteiger partial charge in [-0.2, -0.15) is 0 Å². The van der Waals surface area contributed by atoms with E-state index < -0.39 is 5.60 Å². The highest BCUT2D eigenvalue weighted by molar-refractivity contribution is 9.10. The highest BCUT2D eigenvalue weighted by Crippen LogP contribution is 2.22. The fourth-order valence-corrected chi connectivity index (χ4v) is 2.17. The molecular weight excluding hydrogens is 290 g/mol. The van der Waals surface area contributed by atoms with E-state index in [1.54, 1.807) is 0 Å². The first kappa shape index (κ1) is 13.1. The summed E-state index contributed by atoms with van der Waals surface area (Å²) in [5.74, 6) is 0. The molecule has 0 fully saturated rings. The molecular formula is C15H16BrNO. The molecule has 0 heterocycles. The normalized spacial score (nSPS) is 13.9. The Bertz CT molecular complexity index is 511. The number of hydrogen-bond acceptors (Lipinski definition) is 2. The van der Waals surface area contributed by atoms with Gasteiger partial charge in [-0.15, -0.1) is 0 Å². The van der Waals surface area contributed by atoms with Crippen LogP contribution in [0.1, 0.15) is 12.5 Å². The topological polar surface area (TPSA) is 32.3 Å². The van der Waals surface area contributed by atoms with Gasteiger partial charge in [-0.05, 0) is 30.7 Å². The average molecular weight is 306 g/mol. The van der Waals surface area contributed by atoms with E-state index in [-0.39, 0.29) is 0 Å². The fraction of sp³-hybridized carbons (Fsp3) is 0.200. The van der Waals surface area contributed by atoms with Crippen LogP contribution in [0.4, 0.5) is 5.69 Å². The van der Waals surface area contributed by atoms with Crippen LogP contribution >= 0.6 is 15.9 Å². The molecule has 2 nitrogen and oxygen atoms in total. The van der Waals surface area contributed by atoms with Crippen molar-refractivity contribution in [3.05, 3.63) is 64.6 Å². The van der Waals surface area contributed by atoms with Gasteiger partial charge < -0.3 is 10.4 Å². The quantitative estimate of drug-likeness (QED) is 0.901. The van der Waals surface area contributed by atoms with E-state index >= 15 is 0 Å². The Morgan fingerprint density at radius 3 is 2.50 bits per heavy atom. The van der Waals surface area contributed by atoms with Crippen molar-refractivity contribution in [2.24, 2.45) is 0 Å². The molecule has 0 aliphatic rings. The predicted molar refractivity (Wildman–Crippen MR) is 78.6 cm³/mol. The highest BCUT2D eigenvalue weighted by atomic mass is 79.9. The molecule has 0 radical (unpaired) electrons. The van der Waals surface area contributed by atoms with Crippen molar-refractivity contribution in [1.82, 2.24) is 0 Å². The summed E-state index contributed by atoms with van der Waals surface area (Å²) in [5.41, 5.74) is 1.01. The Labute approximate surface area is 116 Å². The molecule has 1 unspecified atom stereocenters. The van der Waals surface area contributed by atoms with Crippen LogP contribution in [0.15, 0.2) is 59.1 Å². The second kappa shape index (κ2) is 5.55. The molecule has 0 aliphatic carbocycles. The minimum atomic E-state index is -0.885. The van der Waals surface area contributed by atoms with Crippen LogP contribution in [0.25, 0.3) is 0 Å². The predicted octanol–water partition coefficient (Wildman–Crippen LogP) is 3.77. The van der Waals surface area contributed by atoms with Crippen molar-refractivity contribution in [3.8, 4) is 0 Å². The number of anilines is 1. The van der Waals surface area contributed by atoms with Gasteiger partial charge in [-0.1, -0.05) is 52.3 Å². The molecule has 2 aromatic carbocycles. The number of hydrogen-bond donors (Lipinski definition) is 2. The third kappa shape index (κ3) is 3.34. The maximum Gasteiger partial charge on any atom is 0.104 e. The van der Waals surface area contributed by atoms with E-state index in [1.165, 1.54) is 0 Å². The molecule has 0 saturated heterocycles. The maximum absolute atomic E-state index is 10.4. The van der Waals surface area contributed by atoms with Gasteiger partial charge in [-0.3, -0.25) is 0 Å². The number of benzene rings is 2. The first-order valence-corrected chi connectivity index (χ1v) is 6.64. The van der Waals surface area contributed by atoms with Crippen LogP contribution in [-0.2, 0) is 5.60 Å². The molecule has 0 spiro atoms. The van der Waals surface area contributed by atoms with Crippen molar-refractivity contribution in [1.29, 1.82) is 0 Å². The fourth-order valence-electron chi connectivity index (χ4n) is 1.77. The molecule has 0 bridgehead atoms. The second-order valence-electron chi connectivity index (χ2n) is 4.50. The monoisotopic (exact) mass is 305 g/mol. The van der Waals surface area contributed by atoms with Gasteiger partial charge in [0.15, 0.2) is 0 Å². The van der Waals surface area contributed by atoms with Gasteiger partial charge in [0.25, 0.3) is 0 Å². The zero-order valence-electron chi connectivity index (χ0n) is 10.2. The maximum atomic E-state index is 10.4. The molecule has 2 aromatic rings. The lowest BCUT2D eigenvalue weighted by molar-refractivity contribution is 0.0715. The standard InChI is InChI=1S/C15H16BrNO/c1-15(18,12-6-3-2-4-7-12)11-17-14-9-5-8-13(16)10-14/h2-10,17-18H,11H2,1H3. The van der Waals surface area contributed by atoms with E-state index in [2.05, 4.69) is 21.2 Å². The van der Waals surface area contributed by atoms with Gasteiger partial charge in [0.05, 0.1) is 0 Å². The van der Waals surface area contributed by atoms with Crippen LogP contribution in [0, 0.1) is 0 Å². The minimum absolute atomic E-state index is 0.466. The summed E-state index contributed by atoms with van der Waals surface area (Å²) in [5, 5.41) is 13.7. The molecule has 2 N–H and O–H groups in total. The molecule has 0 aromatic heterocycles. The van der Waals surface area contributed by atoms with Gasteiger partial charge >= 0.3 is 0 Å². The van der Waals surface area contributed by atoms with Gasteiger partial charge in [-0.25, -0.2) is 0 Å². The first-order chi connectivity index (χ1) is 8.58. The molecule has 18 heavy (non-hydrogen) atoms. The summed E-state index contributed by atoms with van der Waals surface area (Å²) in [6, 6.07) is 17.6. The van der Waals surface area contributed by atoms with Crippen molar-refractivity contribution in [2.75, 3.05) is 11.9 Å². The van der Waals surface area contributed by atoms with Crippen LogP contribution in [0.5, 0.6) is 0 Å². The summed E-state index contributed by atoms with van der Waals surface area (Å²) >= 11 is 3.42. The second-order valence-corrected chi connectivity index (χ2v) is 5.42. The average Bonchev–Trinajstić information content (AvgIpc) is 2.38. The molecule has 94 valence electrons. The largest absolute Gasteiger partial charge is 0.384 e. The lowest BCUT2D eigenvalue weighted by Crippen LogP contribution is -2.30. The minimum Gasteiger partial charge on any atom is -0.384 e. The zero-order valence-corrected chi connectivity index (χ0v) is 11.8. The molecule has 0 aliphatic heterocycles.